The fraction of sp³-hybridized carbons (Fsp3) is 0.214. The molecule has 0 unspecified atom stereocenters. The molecular formula is C14H14O2. The van der Waals surface area contributed by atoms with E-state index in [9.17, 15) is 4.79 Å². The summed E-state index contributed by atoms with van der Waals surface area (Å²) in [5.41, 5.74) is 2.23. The zero-order chi connectivity index (χ0) is 11.4. The Labute approximate surface area is 94.9 Å². The molecule has 0 saturated carbocycles. The summed E-state index contributed by atoms with van der Waals surface area (Å²) in [6.07, 6.45) is 3.06. The Kier molecular flexibility index (Phi) is 3.20. The fourth-order valence-electron chi connectivity index (χ4n) is 1.64. The van der Waals surface area contributed by atoms with Crippen molar-refractivity contribution in [1.82, 2.24) is 0 Å². The van der Waals surface area contributed by atoms with Crippen LogP contribution < -0.4 is 0 Å². The second-order valence-corrected chi connectivity index (χ2v) is 3.88. The monoisotopic (exact) mass is 214 g/mol. The fourth-order valence-corrected chi connectivity index (χ4v) is 1.64. The van der Waals surface area contributed by atoms with E-state index in [0.717, 1.165) is 17.7 Å². The Hall–Kier alpha value is -1.83. The van der Waals surface area contributed by atoms with Crippen molar-refractivity contribution in [2.45, 2.75) is 19.8 Å². The summed E-state index contributed by atoms with van der Waals surface area (Å²) >= 11 is 0. The van der Waals surface area contributed by atoms with Crippen LogP contribution in [0.25, 0.3) is 11.3 Å². The number of aryl methyl sites for hydroxylation is 1. The Morgan fingerprint density at radius 2 is 2.12 bits per heavy atom. The Morgan fingerprint density at radius 1 is 1.25 bits per heavy atom. The van der Waals surface area contributed by atoms with Crippen molar-refractivity contribution in [3.8, 4) is 11.3 Å². The van der Waals surface area contributed by atoms with Gasteiger partial charge in [-0.05, 0) is 37.1 Å². The lowest BCUT2D eigenvalue weighted by molar-refractivity contribution is -0.116. The van der Waals surface area contributed by atoms with Crippen molar-refractivity contribution in [2.75, 3.05) is 0 Å². The Morgan fingerprint density at radius 3 is 2.81 bits per heavy atom. The first-order valence-electron chi connectivity index (χ1n) is 5.38. The molecule has 0 N–H and O–H groups in total. The molecular weight excluding hydrogens is 200 g/mol. The van der Waals surface area contributed by atoms with E-state index in [4.69, 9.17) is 4.42 Å². The molecule has 2 rings (SSSR count). The van der Waals surface area contributed by atoms with E-state index in [1.54, 1.807) is 13.2 Å². The van der Waals surface area contributed by atoms with Gasteiger partial charge in [-0.3, -0.25) is 0 Å². The van der Waals surface area contributed by atoms with Gasteiger partial charge in [-0.15, -0.1) is 0 Å². The number of Topliss-reactive ketones (excluding diaryl/α,β-unsaturated/α-hetero) is 1. The van der Waals surface area contributed by atoms with Gasteiger partial charge in [-0.1, -0.05) is 18.2 Å². The summed E-state index contributed by atoms with van der Waals surface area (Å²) in [6, 6.07) is 11.9. The largest absolute Gasteiger partial charge is 0.464 e. The van der Waals surface area contributed by atoms with Crippen molar-refractivity contribution in [2.24, 2.45) is 0 Å². The molecule has 0 aliphatic rings. The molecule has 0 aliphatic heterocycles. The Balaban J connectivity index is 2.17. The molecule has 0 spiro atoms. The van der Waals surface area contributed by atoms with Crippen LogP contribution in [-0.4, -0.2) is 5.78 Å². The van der Waals surface area contributed by atoms with Gasteiger partial charge in [0.1, 0.15) is 11.5 Å². The highest BCUT2D eigenvalue weighted by Crippen LogP contribution is 2.21. The quantitative estimate of drug-likeness (QED) is 0.780. The van der Waals surface area contributed by atoms with E-state index >= 15 is 0 Å². The minimum absolute atomic E-state index is 0.225. The van der Waals surface area contributed by atoms with E-state index in [-0.39, 0.29) is 5.78 Å². The van der Waals surface area contributed by atoms with Crippen molar-refractivity contribution in [3.05, 3.63) is 48.2 Å². The highest BCUT2D eigenvalue weighted by atomic mass is 16.3. The predicted octanol–water partition coefficient (Wildman–Crippen LogP) is 3.47. The molecule has 1 heterocycles. The van der Waals surface area contributed by atoms with Crippen LogP contribution >= 0.6 is 0 Å². The first kappa shape index (κ1) is 10.7. The van der Waals surface area contributed by atoms with Gasteiger partial charge >= 0.3 is 0 Å². The molecule has 0 amide bonds. The highest BCUT2D eigenvalue weighted by Gasteiger charge is 2.02. The summed E-state index contributed by atoms with van der Waals surface area (Å²) in [6.45, 7) is 1.62. The van der Waals surface area contributed by atoms with Crippen molar-refractivity contribution in [1.29, 1.82) is 0 Å². The van der Waals surface area contributed by atoms with Crippen molar-refractivity contribution in [3.63, 3.8) is 0 Å². The number of hydrogen-bond acceptors (Lipinski definition) is 2. The summed E-state index contributed by atoms with van der Waals surface area (Å²) in [5, 5.41) is 0. The molecule has 1 aromatic heterocycles. The molecule has 2 nitrogen and oxygen atoms in total. The van der Waals surface area contributed by atoms with Gasteiger partial charge in [0.25, 0.3) is 0 Å². The second-order valence-electron chi connectivity index (χ2n) is 3.88. The van der Waals surface area contributed by atoms with Gasteiger partial charge in [0.05, 0.1) is 6.26 Å². The maximum Gasteiger partial charge on any atom is 0.133 e. The third-order valence-electron chi connectivity index (χ3n) is 2.50. The van der Waals surface area contributed by atoms with Gasteiger partial charge in [0.15, 0.2) is 0 Å². The van der Waals surface area contributed by atoms with Crippen LogP contribution in [-0.2, 0) is 11.2 Å². The lowest BCUT2D eigenvalue weighted by Gasteiger charge is -2.02. The zero-order valence-electron chi connectivity index (χ0n) is 9.27. The number of benzene rings is 1. The minimum Gasteiger partial charge on any atom is -0.464 e. The topological polar surface area (TPSA) is 30.2 Å². The van der Waals surface area contributed by atoms with Gasteiger partial charge in [-0.2, -0.15) is 0 Å². The first-order chi connectivity index (χ1) is 7.75. The lowest BCUT2D eigenvalue weighted by Crippen LogP contribution is -1.93. The number of furan rings is 1. The van der Waals surface area contributed by atoms with Gasteiger partial charge in [0.2, 0.25) is 0 Å². The van der Waals surface area contributed by atoms with E-state index < -0.39 is 0 Å². The van der Waals surface area contributed by atoms with E-state index in [2.05, 4.69) is 6.07 Å². The lowest BCUT2D eigenvalue weighted by atomic mass is 10.0. The van der Waals surface area contributed by atoms with E-state index in [1.807, 2.05) is 30.3 Å². The maximum atomic E-state index is 10.9. The summed E-state index contributed by atoms with van der Waals surface area (Å²) in [5.74, 6) is 1.09. The molecule has 2 aromatic rings. The van der Waals surface area contributed by atoms with Gasteiger partial charge in [-0.25, -0.2) is 0 Å². The number of ketones is 1. The van der Waals surface area contributed by atoms with Crippen LogP contribution in [0.4, 0.5) is 0 Å². The first-order valence-corrected chi connectivity index (χ1v) is 5.38. The standard InChI is InChI=1S/C14H14O2/c1-11(15)7-8-12-4-2-5-13(10-12)14-6-3-9-16-14/h2-6,9-10H,7-8H2,1H3. The second kappa shape index (κ2) is 4.79. The molecule has 0 saturated heterocycles. The molecule has 2 heteroatoms. The van der Waals surface area contributed by atoms with E-state index in [0.29, 0.717) is 6.42 Å². The van der Waals surface area contributed by atoms with E-state index in [1.165, 1.54) is 5.56 Å². The summed E-state index contributed by atoms with van der Waals surface area (Å²) in [7, 11) is 0. The summed E-state index contributed by atoms with van der Waals surface area (Å²) < 4.78 is 5.33. The molecule has 0 fully saturated rings. The molecule has 0 radical (unpaired) electrons. The SMILES string of the molecule is CC(=O)CCc1cccc(-c2ccco2)c1. The van der Waals surface area contributed by atoms with Gasteiger partial charge < -0.3 is 9.21 Å². The predicted molar refractivity (Wildman–Crippen MR) is 63.1 cm³/mol. The van der Waals surface area contributed by atoms with Crippen LogP contribution in [0.1, 0.15) is 18.9 Å². The zero-order valence-corrected chi connectivity index (χ0v) is 9.27. The highest BCUT2D eigenvalue weighted by molar-refractivity contribution is 5.75. The smallest absolute Gasteiger partial charge is 0.133 e. The molecule has 1 aromatic carbocycles. The van der Waals surface area contributed by atoms with Crippen LogP contribution in [0.15, 0.2) is 47.1 Å². The molecule has 0 bridgehead atoms. The van der Waals surface area contributed by atoms with Gasteiger partial charge in [0, 0.05) is 12.0 Å². The van der Waals surface area contributed by atoms with Crippen LogP contribution in [0, 0.1) is 0 Å². The number of hydrogen-bond donors (Lipinski definition) is 0. The minimum atomic E-state index is 0.225. The molecule has 0 aliphatic carbocycles. The number of rotatable bonds is 4. The molecule has 82 valence electrons. The van der Waals surface area contributed by atoms with Crippen LogP contribution in [0.5, 0.6) is 0 Å². The van der Waals surface area contributed by atoms with Crippen molar-refractivity contribution >= 4 is 5.78 Å². The third kappa shape index (κ3) is 2.60. The molecule has 16 heavy (non-hydrogen) atoms. The van der Waals surface area contributed by atoms with Crippen LogP contribution in [0.2, 0.25) is 0 Å². The number of carbonyl (C=O) groups is 1. The summed E-state index contributed by atoms with van der Waals surface area (Å²) in [4.78, 5) is 10.9. The normalized spacial score (nSPS) is 10.3. The maximum absolute atomic E-state index is 10.9. The average Bonchev–Trinajstić information content (AvgIpc) is 2.80. The molecule has 0 atom stereocenters. The van der Waals surface area contributed by atoms with Crippen molar-refractivity contribution < 1.29 is 9.21 Å². The third-order valence-corrected chi connectivity index (χ3v) is 2.50. The van der Waals surface area contributed by atoms with Crippen LogP contribution in [0.3, 0.4) is 0 Å². The Bertz CT molecular complexity index is 469. The average molecular weight is 214 g/mol. The number of carbonyl (C=O) groups excluding carboxylic acids is 1.